The van der Waals surface area contributed by atoms with E-state index in [9.17, 15) is 0 Å². The van der Waals surface area contributed by atoms with Crippen LogP contribution in [0.2, 0.25) is 0 Å². The smallest absolute Gasteiger partial charge is 0.191 e. The molecule has 0 spiro atoms. The van der Waals surface area contributed by atoms with Crippen molar-refractivity contribution >= 4 is 5.96 Å². The monoisotopic (exact) mass is 388 g/mol. The van der Waals surface area contributed by atoms with Crippen LogP contribution in [0.5, 0.6) is 5.75 Å². The molecule has 1 aromatic heterocycles. The van der Waals surface area contributed by atoms with E-state index in [-0.39, 0.29) is 0 Å². The fraction of sp³-hybridized carbons (Fsp3) is 0.524. The van der Waals surface area contributed by atoms with Crippen molar-refractivity contribution in [2.45, 2.75) is 46.7 Å². The molecule has 1 heterocycles. The van der Waals surface area contributed by atoms with E-state index >= 15 is 0 Å². The molecular weight excluding hydrogens is 356 g/mol. The molecule has 0 unspecified atom stereocenters. The molecule has 7 heteroatoms. The van der Waals surface area contributed by atoms with E-state index in [1.165, 1.54) is 0 Å². The van der Waals surface area contributed by atoms with Crippen LogP contribution in [0.15, 0.2) is 33.8 Å². The summed E-state index contributed by atoms with van der Waals surface area (Å²) in [5.41, 5.74) is 3.13. The number of benzene rings is 1. The number of ether oxygens (including phenoxy) is 2. The summed E-state index contributed by atoms with van der Waals surface area (Å²) < 4.78 is 16.3. The fourth-order valence-corrected chi connectivity index (χ4v) is 2.52. The Morgan fingerprint density at radius 2 is 2.04 bits per heavy atom. The zero-order valence-corrected chi connectivity index (χ0v) is 17.5. The Labute approximate surface area is 167 Å². The molecule has 0 saturated carbocycles. The molecule has 2 rings (SSSR count). The van der Waals surface area contributed by atoms with Crippen LogP contribution in [-0.2, 0) is 17.8 Å². The minimum atomic E-state index is 0.345. The van der Waals surface area contributed by atoms with Crippen molar-refractivity contribution in [1.29, 1.82) is 0 Å². The molecule has 0 fully saturated rings. The molecule has 2 aromatic rings. The molecule has 7 nitrogen and oxygen atoms in total. The summed E-state index contributed by atoms with van der Waals surface area (Å²) in [6.45, 7) is 11.1. The van der Waals surface area contributed by atoms with E-state index in [4.69, 9.17) is 14.0 Å². The normalized spacial score (nSPS) is 11.7. The van der Waals surface area contributed by atoms with Gasteiger partial charge in [0.05, 0.1) is 25.4 Å². The second-order valence-electron chi connectivity index (χ2n) is 6.87. The van der Waals surface area contributed by atoms with E-state index in [1.807, 2.05) is 26.0 Å². The average molecular weight is 389 g/mol. The summed E-state index contributed by atoms with van der Waals surface area (Å²) in [5, 5.41) is 10.6. The van der Waals surface area contributed by atoms with Gasteiger partial charge in [0.2, 0.25) is 0 Å². The number of aryl methyl sites for hydroxylation is 1. The summed E-state index contributed by atoms with van der Waals surface area (Å²) >= 11 is 0. The van der Waals surface area contributed by atoms with Crippen molar-refractivity contribution in [3.8, 4) is 5.75 Å². The van der Waals surface area contributed by atoms with Gasteiger partial charge in [0.25, 0.3) is 0 Å². The second kappa shape index (κ2) is 11.3. The Hall–Kier alpha value is -2.54. The van der Waals surface area contributed by atoms with E-state index in [0.717, 1.165) is 34.9 Å². The number of hydrogen-bond donors (Lipinski definition) is 2. The molecular formula is C21H32N4O3. The Morgan fingerprint density at radius 1 is 1.21 bits per heavy atom. The summed E-state index contributed by atoms with van der Waals surface area (Å²) in [7, 11) is 1.66. The third kappa shape index (κ3) is 6.88. The molecule has 0 aliphatic heterocycles. The molecule has 0 aliphatic carbocycles. The molecule has 0 aliphatic rings. The highest BCUT2D eigenvalue weighted by atomic mass is 16.5. The lowest BCUT2D eigenvalue weighted by Crippen LogP contribution is -2.36. The van der Waals surface area contributed by atoms with Gasteiger partial charge in [0.15, 0.2) is 11.7 Å². The number of aliphatic imine (C=N–C) groups is 1. The lowest BCUT2D eigenvalue weighted by molar-refractivity contribution is 0.145. The predicted molar refractivity (Wildman–Crippen MR) is 111 cm³/mol. The first-order chi connectivity index (χ1) is 13.5. The van der Waals surface area contributed by atoms with Gasteiger partial charge in [-0.3, -0.25) is 0 Å². The average Bonchev–Trinajstić information content (AvgIpc) is 3.15. The molecule has 1 aromatic carbocycles. The first-order valence-electron chi connectivity index (χ1n) is 9.72. The van der Waals surface area contributed by atoms with Gasteiger partial charge in [-0.25, -0.2) is 4.99 Å². The molecule has 2 N–H and O–H groups in total. The van der Waals surface area contributed by atoms with E-state index in [2.05, 4.69) is 46.8 Å². The highest BCUT2D eigenvalue weighted by Gasteiger charge is 2.09. The predicted octanol–water partition coefficient (Wildman–Crippen LogP) is 3.39. The number of rotatable bonds is 10. The second-order valence-corrected chi connectivity index (χ2v) is 6.87. The number of hydrogen-bond acceptors (Lipinski definition) is 5. The van der Waals surface area contributed by atoms with Gasteiger partial charge in [0, 0.05) is 25.3 Å². The highest BCUT2D eigenvalue weighted by molar-refractivity contribution is 5.79. The van der Waals surface area contributed by atoms with Crippen LogP contribution in [-0.4, -0.2) is 38.0 Å². The lowest BCUT2D eigenvalue weighted by Gasteiger charge is -2.13. The third-order valence-corrected chi connectivity index (χ3v) is 4.12. The van der Waals surface area contributed by atoms with Crippen LogP contribution in [0.3, 0.4) is 0 Å². The molecule has 0 atom stereocenters. The molecule has 154 valence electrons. The quantitative estimate of drug-likeness (QED) is 0.369. The van der Waals surface area contributed by atoms with Gasteiger partial charge in [-0.2, -0.15) is 0 Å². The van der Waals surface area contributed by atoms with E-state index in [1.54, 1.807) is 7.11 Å². The van der Waals surface area contributed by atoms with Crippen molar-refractivity contribution < 1.29 is 14.0 Å². The maximum Gasteiger partial charge on any atom is 0.191 e. The minimum Gasteiger partial charge on any atom is -0.491 e. The lowest BCUT2D eigenvalue weighted by atomic mass is 10.1. The number of methoxy groups -OCH3 is 1. The molecule has 0 bridgehead atoms. The number of aromatic nitrogens is 1. The third-order valence-electron chi connectivity index (χ3n) is 4.12. The van der Waals surface area contributed by atoms with Gasteiger partial charge in [-0.05, 0) is 31.4 Å². The minimum absolute atomic E-state index is 0.345. The van der Waals surface area contributed by atoms with Crippen LogP contribution in [0, 0.1) is 6.92 Å². The SMILES string of the molecule is CCNC(=NCc1ccc(C)cc1OCCOC)NCc1cc(C(C)C)no1. The summed E-state index contributed by atoms with van der Waals surface area (Å²) in [6.07, 6.45) is 0. The summed E-state index contributed by atoms with van der Waals surface area (Å²) in [4.78, 5) is 4.68. The van der Waals surface area contributed by atoms with Crippen LogP contribution >= 0.6 is 0 Å². The molecule has 28 heavy (non-hydrogen) atoms. The Balaban J connectivity index is 2.02. The van der Waals surface area contributed by atoms with Crippen molar-refractivity contribution in [2.75, 3.05) is 26.9 Å². The van der Waals surface area contributed by atoms with Crippen LogP contribution < -0.4 is 15.4 Å². The highest BCUT2D eigenvalue weighted by Crippen LogP contribution is 2.21. The largest absolute Gasteiger partial charge is 0.491 e. The van der Waals surface area contributed by atoms with Crippen LogP contribution in [0.4, 0.5) is 0 Å². The first kappa shape index (κ1) is 21.8. The van der Waals surface area contributed by atoms with Gasteiger partial charge in [0.1, 0.15) is 12.4 Å². The zero-order valence-electron chi connectivity index (χ0n) is 17.5. The van der Waals surface area contributed by atoms with Gasteiger partial charge >= 0.3 is 0 Å². The fourth-order valence-electron chi connectivity index (χ4n) is 2.52. The Kier molecular flexibility index (Phi) is 8.81. The number of guanidine groups is 1. The maximum atomic E-state index is 5.85. The van der Waals surface area contributed by atoms with Crippen molar-refractivity contribution in [3.63, 3.8) is 0 Å². The number of nitrogens with zero attached hydrogens (tertiary/aromatic N) is 2. The van der Waals surface area contributed by atoms with E-state index in [0.29, 0.717) is 38.2 Å². The molecule has 0 saturated heterocycles. The van der Waals surface area contributed by atoms with Crippen molar-refractivity contribution in [2.24, 2.45) is 4.99 Å². The van der Waals surface area contributed by atoms with E-state index < -0.39 is 0 Å². The van der Waals surface area contributed by atoms with Gasteiger partial charge < -0.3 is 24.6 Å². The molecule has 0 amide bonds. The van der Waals surface area contributed by atoms with Crippen LogP contribution in [0.25, 0.3) is 0 Å². The van der Waals surface area contributed by atoms with Gasteiger partial charge in [-0.15, -0.1) is 0 Å². The van der Waals surface area contributed by atoms with Crippen LogP contribution in [0.1, 0.15) is 49.3 Å². The standard InChI is InChI=1S/C21H32N4O3/c1-6-22-21(24-14-18-12-19(15(2)3)25-28-18)23-13-17-8-7-16(4)11-20(17)27-10-9-26-5/h7-8,11-12,15H,6,9-10,13-14H2,1-5H3,(H2,22,23,24). The van der Waals surface area contributed by atoms with Crippen molar-refractivity contribution in [1.82, 2.24) is 15.8 Å². The maximum absolute atomic E-state index is 5.85. The zero-order chi connectivity index (χ0) is 20.4. The summed E-state index contributed by atoms with van der Waals surface area (Å²) in [5.74, 6) is 2.69. The number of nitrogens with one attached hydrogen (secondary N) is 2. The van der Waals surface area contributed by atoms with Gasteiger partial charge in [-0.1, -0.05) is 31.1 Å². The first-order valence-corrected chi connectivity index (χ1v) is 9.72. The Bertz CT molecular complexity index is 756. The summed E-state index contributed by atoms with van der Waals surface area (Å²) in [6, 6.07) is 8.12. The molecule has 0 radical (unpaired) electrons. The van der Waals surface area contributed by atoms with Crippen molar-refractivity contribution in [3.05, 3.63) is 46.8 Å². The Morgan fingerprint density at radius 3 is 2.71 bits per heavy atom. The topological polar surface area (TPSA) is 80.9 Å².